The first kappa shape index (κ1) is 20.2. The number of carbonyl (C=O) groups excluding carboxylic acids is 1. The third-order valence-corrected chi connectivity index (χ3v) is 5.30. The van der Waals surface area contributed by atoms with Crippen molar-refractivity contribution in [3.8, 4) is 11.6 Å². The van der Waals surface area contributed by atoms with E-state index >= 15 is 0 Å². The molecule has 0 aliphatic carbocycles. The van der Waals surface area contributed by atoms with Crippen molar-refractivity contribution in [2.24, 2.45) is 0 Å². The summed E-state index contributed by atoms with van der Waals surface area (Å²) in [5.41, 5.74) is 1.60. The number of aromatic nitrogens is 3. The monoisotopic (exact) mass is 442 g/mol. The summed E-state index contributed by atoms with van der Waals surface area (Å²) in [4.78, 5) is 29.3. The number of carbonyl (C=O) groups is 1. The number of para-hydroxylation sites is 2. The average Bonchev–Trinajstić information content (AvgIpc) is 3.48. The van der Waals surface area contributed by atoms with Gasteiger partial charge in [0.1, 0.15) is 6.04 Å². The lowest BCUT2D eigenvalue weighted by Gasteiger charge is -2.28. The van der Waals surface area contributed by atoms with E-state index in [4.69, 9.17) is 4.42 Å². The molecule has 0 saturated carbocycles. The van der Waals surface area contributed by atoms with Crippen LogP contribution in [0.15, 0.2) is 88.7 Å². The van der Waals surface area contributed by atoms with Gasteiger partial charge in [-0.25, -0.2) is 4.68 Å². The Hall–Kier alpha value is -4.73. The molecule has 1 atom stereocenters. The second kappa shape index (κ2) is 8.08. The van der Waals surface area contributed by atoms with Gasteiger partial charge in [0.25, 0.3) is 11.6 Å². The lowest BCUT2D eigenvalue weighted by molar-refractivity contribution is -0.385. The van der Waals surface area contributed by atoms with E-state index in [1.165, 1.54) is 17.0 Å². The number of rotatable bonds is 5. The second-order valence-corrected chi connectivity index (χ2v) is 7.38. The molecule has 164 valence electrons. The molecule has 10 nitrogen and oxygen atoms in total. The number of nitro groups is 1. The number of nitrogens with one attached hydrogen (secondary N) is 2. The number of allylic oxidation sites excluding steroid dienone is 1. The van der Waals surface area contributed by atoms with Crippen LogP contribution < -0.4 is 10.6 Å². The molecule has 5 rings (SSSR count). The van der Waals surface area contributed by atoms with Gasteiger partial charge in [0.15, 0.2) is 5.76 Å². The van der Waals surface area contributed by atoms with Crippen LogP contribution >= 0.6 is 0 Å². The molecule has 2 aromatic heterocycles. The van der Waals surface area contributed by atoms with Gasteiger partial charge in [0, 0.05) is 17.5 Å². The Balaban J connectivity index is 1.66. The van der Waals surface area contributed by atoms with Crippen LogP contribution in [0.2, 0.25) is 0 Å². The summed E-state index contributed by atoms with van der Waals surface area (Å²) in [7, 11) is 0. The Morgan fingerprint density at radius 2 is 1.88 bits per heavy atom. The molecule has 0 fully saturated rings. The molecule has 0 spiro atoms. The maximum Gasteiger partial charge on any atom is 0.275 e. The van der Waals surface area contributed by atoms with Crippen LogP contribution in [0.25, 0.3) is 11.6 Å². The van der Waals surface area contributed by atoms with Crippen LogP contribution in [-0.2, 0) is 4.79 Å². The zero-order valence-corrected chi connectivity index (χ0v) is 17.4. The molecule has 2 N–H and O–H groups in total. The number of furan rings is 1. The number of hydrogen-bond donors (Lipinski definition) is 2. The molecular weight excluding hydrogens is 424 g/mol. The van der Waals surface area contributed by atoms with E-state index in [0.717, 1.165) is 0 Å². The fourth-order valence-electron chi connectivity index (χ4n) is 3.85. The van der Waals surface area contributed by atoms with Crippen molar-refractivity contribution in [3.63, 3.8) is 0 Å². The Bertz CT molecular complexity index is 1380. The van der Waals surface area contributed by atoms with Crippen molar-refractivity contribution in [2.75, 3.05) is 10.6 Å². The third kappa shape index (κ3) is 3.63. The lowest BCUT2D eigenvalue weighted by atomic mass is 9.93. The van der Waals surface area contributed by atoms with Crippen LogP contribution in [-0.4, -0.2) is 25.6 Å². The molecule has 0 saturated heterocycles. The Morgan fingerprint density at radius 3 is 2.61 bits per heavy atom. The van der Waals surface area contributed by atoms with Gasteiger partial charge < -0.3 is 15.1 Å². The highest BCUT2D eigenvalue weighted by atomic mass is 16.6. The Kier molecular flexibility index (Phi) is 4.94. The van der Waals surface area contributed by atoms with Gasteiger partial charge in [-0.2, -0.15) is 4.98 Å². The van der Waals surface area contributed by atoms with Gasteiger partial charge in [-0.1, -0.05) is 30.3 Å². The molecule has 0 unspecified atom stereocenters. The molecule has 33 heavy (non-hydrogen) atoms. The molecule has 1 aliphatic heterocycles. The molecule has 2 aromatic carbocycles. The van der Waals surface area contributed by atoms with Gasteiger partial charge in [0.2, 0.25) is 11.8 Å². The first-order chi connectivity index (χ1) is 16.0. The predicted molar refractivity (Wildman–Crippen MR) is 120 cm³/mol. The van der Waals surface area contributed by atoms with Crippen molar-refractivity contribution in [1.29, 1.82) is 0 Å². The summed E-state index contributed by atoms with van der Waals surface area (Å²) in [5.74, 6) is 0.671. The fourth-order valence-corrected chi connectivity index (χ4v) is 3.85. The molecule has 0 radical (unpaired) electrons. The van der Waals surface area contributed by atoms with Crippen LogP contribution in [0.4, 0.5) is 17.3 Å². The zero-order valence-electron chi connectivity index (χ0n) is 17.4. The first-order valence-electron chi connectivity index (χ1n) is 10.1. The van der Waals surface area contributed by atoms with E-state index in [0.29, 0.717) is 34.5 Å². The molecule has 1 aliphatic rings. The summed E-state index contributed by atoms with van der Waals surface area (Å²) in [6.45, 7) is 1.73. The number of hydrogen-bond acceptors (Lipinski definition) is 7. The largest absolute Gasteiger partial charge is 0.461 e. The van der Waals surface area contributed by atoms with Gasteiger partial charge in [-0.3, -0.25) is 14.9 Å². The van der Waals surface area contributed by atoms with Crippen LogP contribution in [0, 0.1) is 10.1 Å². The minimum Gasteiger partial charge on any atom is -0.461 e. The maximum atomic E-state index is 13.4. The highest BCUT2D eigenvalue weighted by Gasteiger charge is 2.38. The van der Waals surface area contributed by atoms with E-state index in [1.807, 2.05) is 6.07 Å². The second-order valence-electron chi connectivity index (χ2n) is 7.38. The molecule has 4 aromatic rings. The van der Waals surface area contributed by atoms with E-state index in [2.05, 4.69) is 20.7 Å². The topological polar surface area (TPSA) is 128 Å². The maximum absolute atomic E-state index is 13.4. The van der Waals surface area contributed by atoms with Crippen LogP contribution in [0.1, 0.15) is 18.5 Å². The number of fused-ring (bicyclic) bond motifs is 1. The Labute approximate surface area is 187 Å². The molecule has 10 heteroatoms. The zero-order chi connectivity index (χ0) is 22.9. The number of anilines is 2. The molecule has 1 amide bonds. The summed E-state index contributed by atoms with van der Waals surface area (Å²) in [6.07, 6.45) is 1.50. The summed E-state index contributed by atoms with van der Waals surface area (Å²) in [6, 6.07) is 17.8. The summed E-state index contributed by atoms with van der Waals surface area (Å²) in [5, 5.41) is 22.3. The molecular formula is C23H18N6O4. The number of nitrogens with zero attached hydrogens (tertiary/aromatic N) is 4. The van der Waals surface area contributed by atoms with Gasteiger partial charge in [-0.15, -0.1) is 5.10 Å². The lowest BCUT2D eigenvalue weighted by Crippen LogP contribution is -2.31. The molecule has 0 bridgehead atoms. The standard InChI is InChI=1S/C23H18N6O4/c1-14-19(22(30)25-15-8-3-2-4-9-15)20(16-10-5-6-11-17(16)29(31)32)28-23(24-14)26-21(27-28)18-12-7-13-33-18/h2-13,20H,1H3,(H,25,30)(H,24,26,27)/t20-/m0/s1. The quantitative estimate of drug-likeness (QED) is 0.347. The number of amides is 1. The highest BCUT2D eigenvalue weighted by Crippen LogP contribution is 2.40. The smallest absolute Gasteiger partial charge is 0.275 e. The SMILES string of the molecule is CC1=C(C(=O)Nc2ccccc2)[C@H](c2ccccc2[N+](=O)[O-])n2nc(-c3ccco3)nc2N1. The number of nitro benzene ring substituents is 1. The van der Waals surface area contributed by atoms with Crippen LogP contribution in [0.3, 0.4) is 0 Å². The van der Waals surface area contributed by atoms with E-state index < -0.39 is 16.9 Å². The fraction of sp³-hybridized carbons (Fsp3) is 0.0870. The van der Waals surface area contributed by atoms with E-state index in [9.17, 15) is 14.9 Å². The number of benzene rings is 2. The third-order valence-electron chi connectivity index (χ3n) is 5.30. The van der Waals surface area contributed by atoms with Gasteiger partial charge in [0.05, 0.1) is 22.3 Å². The molecule has 3 heterocycles. The van der Waals surface area contributed by atoms with Crippen molar-refractivity contribution >= 4 is 23.2 Å². The summed E-state index contributed by atoms with van der Waals surface area (Å²) >= 11 is 0. The van der Waals surface area contributed by atoms with Crippen molar-refractivity contribution in [3.05, 3.63) is 99.9 Å². The highest BCUT2D eigenvalue weighted by molar-refractivity contribution is 6.06. The average molecular weight is 442 g/mol. The minimum atomic E-state index is -0.886. The van der Waals surface area contributed by atoms with Crippen LogP contribution in [0.5, 0.6) is 0 Å². The normalized spacial score (nSPS) is 15.0. The van der Waals surface area contributed by atoms with Crippen molar-refractivity contribution < 1.29 is 14.1 Å². The van der Waals surface area contributed by atoms with Gasteiger partial charge in [-0.05, 0) is 37.3 Å². The van der Waals surface area contributed by atoms with E-state index in [1.54, 1.807) is 61.5 Å². The first-order valence-corrected chi connectivity index (χ1v) is 10.1. The Morgan fingerprint density at radius 1 is 1.12 bits per heavy atom. The minimum absolute atomic E-state index is 0.122. The van der Waals surface area contributed by atoms with Crippen molar-refractivity contribution in [2.45, 2.75) is 13.0 Å². The predicted octanol–water partition coefficient (Wildman–Crippen LogP) is 4.37. The summed E-state index contributed by atoms with van der Waals surface area (Å²) < 4.78 is 6.89. The van der Waals surface area contributed by atoms with E-state index in [-0.39, 0.29) is 11.3 Å². The van der Waals surface area contributed by atoms with Crippen molar-refractivity contribution in [1.82, 2.24) is 14.8 Å². The van der Waals surface area contributed by atoms with Gasteiger partial charge >= 0.3 is 0 Å².